The Morgan fingerprint density at radius 1 is 1.15 bits per heavy atom. The molecule has 0 aromatic heterocycles. The second kappa shape index (κ2) is 8.01. The van der Waals surface area contributed by atoms with Gasteiger partial charge < -0.3 is 14.2 Å². The van der Waals surface area contributed by atoms with Gasteiger partial charge in [0.05, 0.1) is 12.7 Å². The largest absolute Gasteiger partial charge is 0.496 e. The van der Waals surface area contributed by atoms with Gasteiger partial charge in [-0.05, 0) is 36.6 Å². The third kappa shape index (κ3) is 3.85. The summed E-state index contributed by atoms with van der Waals surface area (Å²) in [5.41, 5.74) is 5.04. The molecule has 26 heavy (non-hydrogen) atoms. The van der Waals surface area contributed by atoms with Gasteiger partial charge in [-0.3, -0.25) is 20.4 Å². The Morgan fingerprint density at radius 2 is 1.92 bits per heavy atom. The maximum Gasteiger partial charge on any atom is 0.283 e. The van der Waals surface area contributed by atoms with Crippen LogP contribution in [0.5, 0.6) is 17.2 Å². The molecule has 1 atom stereocenters. The first-order chi connectivity index (χ1) is 12.6. The van der Waals surface area contributed by atoms with E-state index in [2.05, 4.69) is 10.9 Å². The summed E-state index contributed by atoms with van der Waals surface area (Å²) < 4.78 is 16.3. The van der Waals surface area contributed by atoms with Crippen molar-refractivity contribution in [1.82, 2.24) is 10.9 Å². The normalized spacial score (nSPS) is 15.1. The maximum atomic E-state index is 12.3. The van der Waals surface area contributed by atoms with E-state index in [-0.39, 0.29) is 6.61 Å². The first-order valence-electron chi connectivity index (χ1n) is 7.83. The molecule has 136 valence electrons. The number of hydrazine groups is 1. The minimum Gasteiger partial charge on any atom is -0.496 e. The summed E-state index contributed by atoms with van der Waals surface area (Å²) in [4.78, 5) is 25.5. The van der Waals surface area contributed by atoms with Crippen LogP contribution in [-0.2, 0) is 4.79 Å². The summed E-state index contributed by atoms with van der Waals surface area (Å²) >= 11 is 1.54. The number of carbonyl (C=O) groups excluding carboxylic acids is 2. The molecule has 2 aromatic carbocycles. The van der Waals surface area contributed by atoms with Gasteiger partial charge in [0.15, 0.2) is 11.5 Å². The average Bonchev–Trinajstić information content (AvgIpc) is 2.70. The van der Waals surface area contributed by atoms with E-state index in [0.717, 1.165) is 4.90 Å². The molecular formula is C18H18N2O5S. The number of para-hydroxylation sites is 2. The number of amides is 2. The van der Waals surface area contributed by atoms with Crippen LogP contribution < -0.4 is 25.1 Å². The number of ether oxygens (including phenoxy) is 3. The average molecular weight is 374 g/mol. The topological polar surface area (TPSA) is 85.9 Å². The minimum absolute atomic E-state index is 0.0600. The lowest BCUT2D eigenvalue weighted by Gasteiger charge is -2.25. The van der Waals surface area contributed by atoms with Crippen LogP contribution in [0, 0.1) is 0 Å². The first kappa shape index (κ1) is 17.9. The van der Waals surface area contributed by atoms with Crippen molar-refractivity contribution in [3.05, 3.63) is 48.0 Å². The molecule has 0 saturated carbocycles. The van der Waals surface area contributed by atoms with Crippen molar-refractivity contribution >= 4 is 23.6 Å². The molecule has 8 heteroatoms. The molecule has 0 spiro atoms. The van der Waals surface area contributed by atoms with Crippen LogP contribution in [0.4, 0.5) is 0 Å². The molecule has 0 aliphatic carbocycles. The van der Waals surface area contributed by atoms with Gasteiger partial charge in [0, 0.05) is 4.90 Å². The van der Waals surface area contributed by atoms with Crippen molar-refractivity contribution in [2.75, 3.05) is 20.0 Å². The number of nitrogens with one attached hydrogen (secondary N) is 2. The fraction of sp³-hybridized carbons (Fsp3) is 0.222. The molecule has 0 unspecified atom stereocenters. The Kier molecular flexibility index (Phi) is 5.52. The summed E-state index contributed by atoms with van der Waals surface area (Å²) in [7, 11) is 1.49. The van der Waals surface area contributed by atoms with Gasteiger partial charge >= 0.3 is 0 Å². The number of rotatable bonds is 4. The van der Waals surface area contributed by atoms with E-state index in [0.29, 0.717) is 22.8 Å². The summed E-state index contributed by atoms with van der Waals surface area (Å²) in [5, 5.41) is 0. The van der Waals surface area contributed by atoms with Gasteiger partial charge in [0.1, 0.15) is 12.4 Å². The van der Waals surface area contributed by atoms with Crippen molar-refractivity contribution in [3.63, 3.8) is 0 Å². The Balaban J connectivity index is 1.61. The zero-order chi connectivity index (χ0) is 18.5. The standard InChI is InChI=1S/C18H18N2O5S/c1-23-15-9-11(26-2)7-8-12(15)17(21)19-20-18(22)16-10-24-13-5-3-4-6-14(13)25-16/h3-9,16H,10H2,1-2H3,(H,19,21)(H,20,22)/t16-/m1/s1. The molecule has 0 saturated heterocycles. The van der Waals surface area contributed by atoms with Gasteiger partial charge in [0.25, 0.3) is 11.8 Å². The molecule has 1 aliphatic rings. The van der Waals surface area contributed by atoms with Crippen molar-refractivity contribution in [1.29, 1.82) is 0 Å². The first-order valence-corrected chi connectivity index (χ1v) is 9.05. The highest BCUT2D eigenvalue weighted by molar-refractivity contribution is 7.98. The van der Waals surface area contributed by atoms with Gasteiger partial charge in [0.2, 0.25) is 6.10 Å². The lowest BCUT2D eigenvalue weighted by molar-refractivity contribution is -0.131. The number of thioether (sulfide) groups is 1. The second-order valence-electron chi connectivity index (χ2n) is 5.37. The lowest BCUT2D eigenvalue weighted by atomic mass is 10.2. The van der Waals surface area contributed by atoms with E-state index in [1.54, 1.807) is 36.4 Å². The van der Waals surface area contributed by atoms with Gasteiger partial charge in [-0.25, -0.2) is 0 Å². The molecule has 2 amide bonds. The van der Waals surface area contributed by atoms with Crippen molar-refractivity contribution in [2.24, 2.45) is 0 Å². The smallest absolute Gasteiger partial charge is 0.283 e. The molecule has 2 N–H and O–H groups in total. The Morgan fingerprint density at radius 3 is 2.65 bits per heavy atom. The summed E-state index contributed by atoms with van der Waals surface area (Å²) in [6, 6.07) is 12.3. The van der Waals surface area contributed by atoms with Crippen LogP contribution in [0.2, 0.25) is 0 Å². The second-order valence-corrected chi connectivity index (χ2v) is 6.25. The highest BCUT2D eigenvalue weighted by Gasteiger charge is 2.27. The fourth-order valence-corrected chi connectivity index (χ4v) is 2.83. The molecule has 1 heterocycles. The number of carbonyl (C=O) groups is 2. The Hall–Kier alpha value is -2.87. The molecule has 1 aliphatic heterocycles. The molecule has 2 aromatic rings. The quantitative estimate of drug-likeness (QED) is 0.629. The van der Waals surface area contributed by atoms with Gasteiger partial charge in [-0.15, -0.1) is 11.8 Å². The molecule has 0 fully saturated rings. The number of hydrogen-bond donors (Lipinski definition) is 2. The summed E-state index contributed by atoms with van der Waals surface area (Å²) in [5.74, 6) is 0.501. The minimum atomic E-state index is -0.856. The fourth-order valence-electron chi connectivity index (χ4n) is 2.40. The third-order valence-corrected chi connectivity index (χ3v) is 4.48. The molecule has 7 nitrogen and oxygen atoms in total. The number of fused-ring (bicyclic) bond motifs is 1. The van der Waals surface area contributed by atoms with E-state index >= 15 is 0 Å². The lowest BCUT2D eigenvalue weighted by Crippen LogP contribution is -2.50. The highest BCUT2D eigenvalue weighted by Crippen LogP contribution is 2.30. The Labute approximate surface area is 155 Å². The van der Waals surface area contributed by atoms with Crippen molar-refractivity contribution in [2.45, 2.75) is 11.0 Å². The third-order valence-electron chi connectivity index (χ3n) is 3.75. The molecule has 3 rings (SSSR count). The predicted octanol–water partition coefficient (Wildman–Crippen LogP) is 2.02. The maximum absolute atomic E-state index is 12.3. The Bertz CT molecular complexity index is 827. The van der Waals surface area contributed by atoms with Gasteiger partial charge in [-0.1, -0.05) is 12.1 Å². The highest BCUT2D eigenvalue weighted by atomic mass is 32.2. The monoisotopic (exact) mass is 374 g/mol. The van der Waals surface area contributed by atoms with Crippen LogP contribution in [0.15, 0.2) is 47.4 Å². The zero-order valence-corrected chi connectivity index (χ0v) is 15.1. The van der Waals surface area contributed by atoms with Crippen LogP contribution >= 0.6 is 11.8 Å². The van der Waals surface area contributed by atoms with E-state index in [1.807, 2.05) is 12.3 Å². The zero-order valence-electron chi connectivity index (χ0n) is 14.3. The van der Waals surface area contributed by atoms with Crippen molar-refractivity contribution in [3.8, 4) is 17.2 Å². The van der Waals surface area contributed by atoms with Crippen LogP contribution in [-0.4, -0.2) is 37.9 Å². The molecular weight excluding hydrogens is 356 g/mol. The van der Waals surface area contributed by atoms with E-state index in [4.69, 9.17) is 14.2 Å². The van der Waals surface area contributed by atoms with E-state index in [1.165, 1.54) is 18.9 Å². The molecule has 0 bridgehead atoms. The SMILES string of the molecule is COc1cc(SC)ccc1C(=O)NNC(=O)[C@H]1COc2ccccc2O1. The van der Waals surface area contributed by atoms with Crippen LogP contribution in [0.25, 0.3) is 0 Å². The number of hydrogen-bond acceptors (Lipinski definition) is 6. The summed E-state index contributed by atoms with van der Waals surface area (Å²) in [6.07, 6.45) is 1.07. The number of benzene rings is 2. The van der Waals surface area contributed by atoms with Crippen LogP contribution in [0.1, 0.15) is 10.4 Å². The predicted molar refractivity (Wildman–Crippen MR) is 96.7 cm³/mol. The summed E-state index contributed by atoms with van der Waals surface area (Å²) in [6.45, 7) is 0.0600. The van der Waals surface area contributed by atoms with E-state index < -0.39 is 17.9 Å². The number of methoxy groups -OCH3 is 1. The molecule has 0 radical (unpaired) electrons. The van der Waals surface area contributed by atoms with Gasteiger partial charge in [-0.2, -0.15) is 0 Å². The van der Waals surface area contributed by atoms with Crippen LogP contribution in [0.3, 0.4) is 0 Å². The van der Waals surface area contributed by atoms with E-state index in [9.17, 15) is 9.59 Å². The van der Waals surface area contributed by atoms with Crippen molar-refractivity contribution < 1.29 is 23.8 Å².